The third-order valence-electron chi connectivity index (χ3n) is 5.09. The number of ether oxygens (including phenoxy) is 1. The minimum atomic E-state index is -0.345. The number of benzene rings is 1. The largest absolute Gasteiger partial charge is 0.421 e. The van der Waals surface area contributed by atoms with E-state index in [4.69, 9.17) is 9.15 Å². The maximum absolute atomic E-state index is 12.7. The summed E-state index contributed by atoms with van der Waals surface area (Å²) in [6.45, 7) is 4.64. The lowest BCUT2D eigenvalue weighted by Crippen LogP contribution is -2.48. The maximum atomic E-state index is 12.7. The zero-order chi connectivity index (χ0) is 17.2. The molecule has 1 atom stereocenters. The Balaban J connectivity index is 1.46. The Bertz CT molecular complexity index is 806. The number of para-hydroxylation sites is 2. The van der Waals surface area contributed by atoms with Gasteiger partial charge >= 0.3 is 5.76 Å². The van der Waals surface area contributed by atoms with Gasteiger partial charge in [0, 0.05) is 19.6 Å². The van der Waals surface area contributed by atoms with Crippen LogP contribution in [0.1, 0.15) is 12.8 Å². The second kappa shape index (κ2) is 7.01. The first-order chi connectivity index (χ1) is 12.2. The second-order valence-corrected chi connectivity index (χ2v) is 6.76. The first-order valence-electron chi connectivity index (χ1n) is 8.89. The molecule has 0 bridgehead atoms. The number of carbonyl (C=O) groups is 1. The van der Waals surface area contributed by atoms with E-state index >= 15 is 0 Å². The Morgan fingerprint density at radius 3 is 2.80 bits per heavy atom. The Labute approximate surface area is 145 Å². The van der Waals surface area contributed by atoms with Crippen LogP contribution in [0, 0.1) is 5.92 Å². The van der Waals surface area contributed by atoms with Gasteiger partial charge in [-0.25, -0.2) is 4.79 Å². The van der Waals surface area contributed by atoms with Crippen molar-refractivity contribution < 1.29 is 13.9 Å². The van der Waals surface area contributed by atoms with Crippen LogP contribution in [0.3, 0.4) is 0 Å². The summed E-state index contributed by atoms with van der Waals surface area (Å²) in [6, 6.07) is 7.44. The van der Waals surface area contributed by atoms with Gasteiger partial charge in [0.25, 0.3) is 0 Å². The second-order valence-electron chi connectivity index (χ2n) is 6.76. The molecule has 4 rings (SSSR count). The number of aromatic nitrogens is 1. The fourth-order valence-electron chi connectivity index (χ4n) is 3.78. The average Bonchev–Trinajstić information content (AvgIpc) is 2.97. The molecule has 3 heterocycles. The van der Waals surface area contributed by atoms with Crippen molar-refractivity contribution in [3.63, 3.8) is 0 Å². The van der Waals surface area contributed by atoms with E-state index in [1.165, 1.54) is 0 Å². The molecule has 0 aliphatic carbocycles. The number of fused-ring (bicyclic) bond motifs is 1. The molecule has 0 radical (unpaired) electrons. The molecule has 2 aliphatic rings. The molecular weight excluding hydrogens is 322 g/mol. The molecule has 2 aliphatic heterocycles. The highest BCUT2D eigenvalue weighted by atomic mass is 16.5. The fraction of sp³-hybridized carbons (Fsp3) is 0.556. The van der Waals surface area contributed by atoms with E-state index in [2.05, 4.69) is 4.90 Å². The predicted octanol–water partition coefficient (Wildman–Crippen LogP) is 1.12. The molecule has 0 saturated carbocycles. The Morgan fingerprint density at radius 1 is 1.16 bits per heavy atom. The topological polar surface area (TPSA) is 67.9 Å². The van der Waals surface area contributed by atoms with E-state index in [1.54, 1.807) is 10.6 Å². The number of nitrogens with zero attached hydrogens (tertiary/aromatic N) is 3. The van der Waals surface area contributed by atoms with Crippen LogP contribution in [0.5, 0.6) is 0 Å². The first kappa shape index (κ1) is 16.4. The van der Waals surface area contributed by atoms with Gasteiger partial charge in [0.2, 0.25) is 5.91 Å². The van der Waals surface area contributed by atoms with Crippen molar-refractivity contribution in [2.45, 2.75) is 19.5 Å². The molecule has 2 fully saturated rings. The van der Waals surface area contributed by atoms with E-state index in [-0.39, 0.29) is 17.6 Å². The Hall–Kier alpha value is -2.12. The minimum absolute atomic E-state index is 0.000664. The van der Waals surface area contributed by atoms with Crippen molar-refractivity contribution in [3.05, 3.63) is 34.8 Å². The van der Waals surface area contributed by atoms with E-state index in [0.29, 0.717) is 45.1 Å². The number of carbonyl (C=O) groups excluding carboxylic acids is 1. The van der Waals surface area contributed by atoms with Crippen molar-refractivity contribution in [2.75, 3.05) is 39.4 Å². The standard InChI is InChI=1S/C18H23N3O4/c22-17(20-8-10-24-11-9-20)14-4-3-7-19(12-14)13-21-15-5-1-2-6-16(15)25-18(21)23/h1-2,5-6,14H,3-4,7-13H2. The summed E-state index contributed by atoms with van der Waals surface area (Å²) >= 11 is 0. The molecule has 7 nitrogen and oxygen atoms in total. The SMILES string of the molecule is O=C(C1CCCN(Cn2c(=O)oc3ccccc32)C1)N1CCOCC1. The van der Waals surface area contributed by atoms with Crippen molar-refractivity contribution >= 4 is 17.0 Å². The van der Waals surface area contributed by atoms with Crippen LogP contribution in [0.2, 0.25) is 0 Å². The van der Waals surface area contributed by atoms with Crippen LogP contribution in [-0.2, 0) is 16.2 Å². The molecule has 1 aromatic carbocycles. The van der Waals surface area contributed by atoms with E-state index < -0.39 is 0 Å². The van der Waals surface area contributed by atoms with Gasteiger partial charge in [-0.3, -0.25) is 14.3 Å². The molecule has 134 valence electrons. The molecule has 7 heteroatoms. The zero-order valence-corrected chi connectivity index (χ0v) is 14.2. The molecule has 0 spiro atoms. The summed E-state index contributed by atoms with van der Waals surface area (Å²) < 4.78 is 12.3. The smallest absolute Gasteiger partial charge is 0.408 e. The number of piperidine rings is 1. The summed E-state index contributed by atoms with van der Waals surface area (Å²) in [5, 5.41) is 0. The predicted molar refractivity (Wildman–Crippen MR) is 92.2 cm³/mol. The third kappa shape index (κ3) is 3.34. The number of amides is 1. The summed E-state index contributed by atoms with van der Waals surface area (Å²) in [5.74, 6) is -0.124. The molecular formula is C18H23N3O4. The van der Waals surface area contributed by atoms with Gasteiger partial charge in [-0.2, -0.15) is 0 Å². The molecule has 1 unspecified atom stereocenters. The Kier molecular flexibility index (Phi) is 4.59. The summed E-state index contributed by atoms with van der Waals surface area (Å²) in [7, 11) is 0. The van der Waals surface area contributed by atoms with Gasteiger partial charge < -0.3 is 14.1 Å². The number of oxazole rings is 1. The zero-order valence-electron chi connectivity index (χ0n) is 14.2. The van der Waals surface area contributed by atoms with Crippen LogP contribution >= 0.6 is 0 Å². The molecule has 1 aromatic heterocycles. The number of likely N-dealkylation sites (tertiary alicyclic amines) is 1. The molecule has 1 amide bonds. The first-order valence-corrected chi connectivity index (χ1v) is 8.89. The summed E-state index contributed by atoms with van der Waals surface area (Å²) in [4.78, 5) is 29.0. The monoisotopic (exact) mass is 345 g/mol. The highest BCUT2D eigenvalue weighted by Gasteiger charge is 2.30. The van der Waals surface area contributed by atoms with Gasteiger partial charge in [-0.05, 0) is 31.5 Å². The van der Waals surface area contributed by atoms with Gasteiger partial charge in [0.05, 0.1) is 31.3 Å². The van der Waals surface area contributed by atoms with Crippen LogP contribution < -0.4 is 5.76 Å². The van der Waals surface area contributed by atoms with Gasteiger partial charge in [0.15, 0.2) is 5.58 Å². The summed E-state index contributed by atoms with van der Waals surface area (Å²) in [5.41, 5.74) is 1.40. The normalized spacial score (nSPS) is 22.4. The van der Waals surface area contributed by atoms with Crippen molar-refractivity contribution in [2.24, 2.45) is 5.92 Å². The fourth-order valence-corrected chi connectivity index (χ4v) is 3.78. The third-order valence-corrected chi connectivity index (χ3v) is 5.09. The lowest BCUT2D eigenvalue weighted by atomic mass is 9.96. The lowest BCUT2D eigenvalue weighted by molar-refractivity contribution is -0.141. The van der Waals surface area contributed by atoms with Gasteiger partial charge in [0.1, 0.15) is 0 Å². The van der Waals surface area contributed by atoms with Crippen molar-refractivity contribution in [1.29, 1.82) is 0 Å². The Morgan fingerprint density at radius 2 is 1.96 bits per heavy atom. The van der Waals surface area contributed by atoms with Crippen LogP contribution in [0.15, 0.2) is 33.5 Å². The van der Waals surface area contributed by atoms with E-state index in [9.17, 15) is 9.59 Å². The van der Waals surface area contributed by atoms with Crippen LogP contribution in [-0.4, -0.2) is 59.7 Å². The highest BCUT2D eigenvalue weighted by molar-refractivity contribution is 5.79. The molecule has 0 N–H and O–H groups in total. The maximum Gasteiger partial charge on any atom is 0.421 e. The number of hydrogen-bond acceptors (Lipinski definition) is 5. The van der Waals surface area contributed by atoms with Crippen LogP contribution in [0.4, 0.5) is 0 Å². The minimum Gasteiger partial charge on any atom is -0.408 e. The lowest BCUT2D eigenvalue weighted by Gasteiger charge is -2.36. The number of rotatable bonds is 3. The van der Waals surface area contributed by atoms with Crippen molar-refractivity contribution in [1.82, 2.24) is 14.4 Å². The van der Waals surface area contributed by atoms with Crippen LogP contribution in [0.25, 0.3) is 11.1 Å². The number of hydrogen-bond donors (Lipinski definition) is 0. The van der Waals surface area contributed by atoms with Gasteiger partial charge in [-0.15, -0.1) is 0 Å². The van der Waals surface area contributed by atoms with E-state index in [1.807, 2.05) is 23.1 Å². The molecule has 2 saturated heterocycles. The molecule has 2 aromatic rings. The number of morpholine rings is 1. The highest BCUT2D eigenvalue weighted by Crippen LogP contribution is 2.21. The quantitative estimate of drug-likeness (QED) is 0.834. The van der Waals surface area contributed by atoms with Crippen molar-refractivity contribution in [3.8, 4) is 0 Å². The average molecular weight is 345 g/mol. The molecule has 25 heavy (non-hydrogen) atoms. The summed E-state index contributed by atoms with van der Waals surface area (Å²) in [6.07, 6.45) is 1.87. The van der Waals surface area contributed by atoms with E-state index in [0.717, 1.165) is 24.9 Å². The van der Waals surface area contributed by atoms with Gasteiger partial charge in [-0.1, -0.05) is 12.1 Å².